The molecule has 3 amide bonds. The van der Waals surface area contributed by atoms with Gasteiger partial charge < -0.3 is 26.3 Å². The van der Waals surface area contributed by atoms with E-state index in [-0.39, 0.29) is 30.6 Å². The first-order valence-electron chi connectivity index (χ1n) is 11.5. The number of hydrogen-bond acceptors (Lipinski definition) is 5. The summed E-state index contributed by atoms with van der Waals surface area (Å²) in [7, 11) is 0. The molecule has 2 aliphatic rings. The van der Waals surface area contributed by atoms with Crippen LogP contribution in [0.25, 0.3) is 11.3 Å². The predicted octanol–water partition coefficient (Wildman–Crippen LogP) is 3.45. The Morgan fingerprint density at radius 2 is 1.97 bits per heavy atom. The third-order valence-electron chi connectivity index (χ3n) is 6.54. The second-order valence-corrected chi connectivity index (χ2v) is 8.87. The molecule has 1 fully saturated rings. The summed E-state index contributed by atoms with van der Waals surface area (Å²) in [5.41, 5.74) is 3.95. The van der Waals surface area contributed by atoms with E-state index in [1.54, 1.807) is 36.5 Å². The molecule has 2 aromatic heterocycles. The number of nitrogens with one attached hydrogen (secondary N) is 5. The number of pyridine rings is 1. The predicted molar refractivity (Wildman–Crippen MR) is 140 cm³/mol. The second kappa shape index (κ2) is 10.2. The van der Waals surface area contributed by atoms with Gasteiger partial charge in [-0.2, -0.15) is 0 Å². The molecule has 3 aromatic rings. The van der Waals surface area contributed by atoms with E-state index in [4.69, 9.17) is 0 Å². The molecule has 4 heterocycles. The van der Waals surface area contributed by atoms with Gasteiger partial charge in [0.15, 0.2) is 0 Å². The number of H-pyrrole nitrogens is 1. The van der Waals surface area contributed by atoms with Gasteiger partial charge in [0.1, 0.15) is 5.82 Å². The Morgan fingerprint density at radius 1 is 1.11 bits per heavy atom. The van der Waals surface area contributed by atoms with Crippen LogP contribution in [0.1, 0.15) is 46.7 Å². The molecule has 36 heavy (non-hydrogen) atoms. The smallest absolute Gasteiger partial charge is 0.256 e. The van der Waals surface area contributed by atoms with Gasteiger partial charge in [-0.3, -0.25) is 14.4 Å². The van der Waals surface area contributed by atoms with E-state index in [0.717, 1.165) is 49.0 Å². The second-order valence-electron chi connectivity index (χ2n) is 8.87. The number of carbonyl (C=O) groups is 3. The molecule has 186 valence electrons. The van der Waals surface area contributed by atoms with Crippen LogP contribution in [0, 0.1) is 0 Å². The van der Waals surface area contributed by atoms with Crippen LogP contribution in [0.15, 0.2) is 61.3 Å². The third kappa shape index (κ3) is 4.78. The van der Waals surface area contributed by atoms with Crippen LogP contribution in [-0.4, -0.2) is 47.3 Å². The summed E-state index contributed by atoms with van der Waals surface area (Å²) in [5.74, 6) is -0.421. The highest BCUT2D eigenvalue weighted by atomic mass is 16.2. The number of hydrogen-bond donors (Lipinski definition) is 5. The number of amides is 3. The number of benzene rings is 1. The minimum absolute atomic E-state index is 0. The van der Waals surface area contributed by atoms with Crippen LogP contribution in [0.4, 0.5) is 11.5 Å². The number of aromatic amines is 1. The lowest BCUT2D eigenvalue weighted by molar-refractivity contribution is -0.111. The zero-order valence-electron chi connectivity index (χ0n) is 19.1. The highest BCUT2D eigenvalue weighted by molar-refractivity contribution is 6.06. The van der Waals surface area contributed by atoms with E-state index < -0.39 is 0 Å². The maximum absolute atomic E-state index is 12.8. The summed E-state index contributed by atoms with van der Waals surface area (Å²) in [6, 6.07) is 12.1. The first-order chi connectivity index (χ1) is 17.0. The fourth-order valence-electron chi connectivity index (χ4n) is 4.76. The molecule has 0 saturated carbocycles. The molecule has 0 radical (unpaired) electrons. The van der Waals surface area contributed by atoms with Crippen LogP contribution in [-0.2, 0) is 10.2 Å². The molecule has 2 aliphatic heterocycles. The molecular formula is C27H30N6O3. The molecular weight excluding hydrogens is 456 g/mol. The first-order valence-corrected chi connectivity index (χ1v) is 11.5. The van der Waals surface area contributed by atoms with Gasteiger partial charge in [0.05, 0.1) is 5.56 Å². The maximum atomic E-state index is 12.8. The molecule has 9 nitrogen and oxygen atoms in total. The van der Waals surface area contributed by atoms with Crippen molar-refractivity contribution in [3.05, 3.63) is 78.1 Å². The average Bonchev–Trinajstić information content (AvgIpc) is 3.35. The zero-order valence-corrected chi connectivity index (χ0v) is 19.1. The van der Waals surface area contributed by atoms with E-state index in [0.29, 0.717) is 29.2 Å². The Hall–Kier alpha value is -4.24. The quantitative estimate of drug-likeness (QED) is 0.353. The standard InChI is InChI=1S/C26H26N6O3.CH4/c1-2-22(33)30-18-6-3-5-17(11-18)24(34)32-21-12-16(7-10-28-21)20-13-19-23(31-20)26(15-29-25(19)35)8-4-9-27-14-26;/h2-3,5-7,10-13,27,31H,1,4,8-9,14-15H2,(H,29,35)(H,30,33)(H,28,32,34);1H4. The van der Waals surface area contributed by atoms with Crippen molar-refractivity contribution in [3.63, 3.8) is 0 Å². The van der Waals surface area contributed by atoms with Gasteiger partial charge >= 0.3 is 0 Å². The minimum atomic E-state index is -0.359. The Morgan fingerprint density at radius 3 is 2.75 bits per heavy atom. The van der Waals surface area contributed by atoms with Crippen molar-refractivity contribution in [1.82, 2.24) is 20.6 Å². The SMILES string of the molecule is C.C=CC(=O)Nc1cccc(C(=O)Nc2cc(-c3cc4c([nH]3)C3(CCCNC3)CNC4=O)ccn2)c1. The highest BCUT2D eigenvalue weighted by Crippen LogP contribution is 2.37. The van der Waals surface area contributed by atoms with Gasteiger partial charge in [-0.15, -0.1) is 0 Å². The van der Waals surface area contributed by atoms with Gasteiger partial charge in [0.25, 0.3) is 11.8 Å². The molecule has 0 aliphatic carbocycles. The number of fused-ring (bicyclic) bond motifs is 2. The lowest BCUT2D eigenvalue weighted by Crippen LogP contribution is -2.54. The van der Waals surface area contributed by atoms with Crippen LogP contribution < -0.4 is 21.3 Å². The fraction of sp³-hybridized carbons (Fsp3) is 0.259. The van der Waals surface area contributed by atoms with Crippen molar-refractivity contribution >= 4 is 29.2 Å². The minimum Gasteiger partial charge on any atom is -0.357 e. The van der Waals surface area contributed by atoms with Crippen LogP contribution >= 0.6 is 0 Å². The highest BCUT2D eigenvalue weighted by Gasteiger charge is 2.42. The van der Waals surface area contributed by atoms with Gasteiger partial charge in [-0.05, 0) is 61.9 Å². The van der Waals surface area contributed by atoms with Crippen LogP contribution in [0.3, 0.4) is 0 Å². The summed E-state index contributed by atoms with van der Waals surface area (Å²) in [6.45, 7) is 5.82. The largest absolute Gasteiger partial charge is 0.357 e. The summed E-state index contributed by atoms with van der Waals surface area (Å²) in [5, 5.41) is 11.9. The van der Waals surface area contributed by atoms with Crippen molar-refractivity contribution in [3.8, 4) is 11.3 Å². The van der Waals surface area contributed by atoms with Crippen molar-refractivity contribution < 1.29 is 14.4 Å². The van der Waals surface area contributed by atoms with E-state index in [2.05, 4.69) is 37.8 Å². The Bertz CT molecular complexity index is 1320. The van der Waals surface area contributed by atoms with Gasteiger partial charge in [0, 0.05) is 52.9 Å². The van der Waals surface area contributed by atoms with Crippen molar-refractivity contribution in [1.29, 1.82) is 0 Å². The Balaban J connectivity index is 0.00000304. The lowest BCUT2D eigenvalue weighted by Gasteiger charge is -2.40. The van der Waals surface area contributed by atoms with Gasteiger partial charge in [-0.1, -0.05) is 20.1 Å². The molecule has 5 rings (SSSR count). The normalized spacial score (nSPS) is 18.4. The molecule has 5 N–H and O–H groups in total. The number of anilines is 2. The topological polar surface area (TPSA) is 128 Å². The molecule has 9 heteroatoms. The van der Waals surface area contributed by atoms with E-state index >= 15 is 0 Å². The van der Waals surface area contributed by atoms with Gasteiger partial charge in [-0.25, -0.2) is 4.98 Å². The summed E-state index contributed by atoms with van der Waals surface area (Å²) in [4.78, 5) is 44.7. The molecule has 1 unspecified atom stereocenters. The third-order valence-corrected chi connectivity index (χ3v) is 6.54. The zero-order chi connectivity index (χ0) is 24.4. The summed E-state index contributed by atoms with van der Waals surface area (Å²) < 4.78 is 0. The van der Waals surface area contributed by atoms with Crippen molar-refractivity contribution in [2.75, 3.05) is 30.3 Å². The molecule has 1 spiro atoms. The van der Waals surface area contributed by atoms with E-state index in [1.807, 2.05) is 12.1 Å². The Kier molecular flexibility index (Phi) is 7.03. The molecule has 0 bridgehead atoms. The summed E-state index contributed by atoms with van der Waals surface area (Å²) >= 11 is 0. The van der Waals surface area contributed by atoms with Gasteiger partial charge in [0.2, 0.25) is 5.91 Å². The summed E-state index contributed by atoms with van der Waals surface area (Å²) in [6.07, 6.45) is 4.82. The number of piperidine rings is 1. The number of carbonyl (C=O) groups excluding carboxylic acids is 3. The van der Waals surface area contributed by atoms with Crippen molar-refractivity contribution in [2.45, 2.75) is 25.7 Å². The molecule has 1 saturated heterocycles. The number of aromatic nitrogens is 2. The monoisotopic (exact) mass is 486 g/mol. The first kappa shape index (κ1) is 24.9. The number of rotatable bonds is 5. The molecule has 1 aromatic carbocycles. The Labute approximate surface area is 209 Å². The van der Waals surface area contributed by atoms with Crippen LogP contribution in [0.5, 0.6) is 0 Å². The maximum Gasteiger partial charge on any atom is 0.256 e. The lowest BCUT2D eigenvalue weighted by atomic mass is 9.74. The average molecular weight is 487 g/mol. The van der Waals surface area contributed by atoms with Crippen LogP contribution in [0.2, 0.25) is 0 Å². The van der Waals surface area contributed by atoms with Crippen molar-refractivity contribution in [2.24, 2.45) is 0 Å². The van der Waals surface area contributed by atoms with E-state index in [9.17, 15) is 14.4 Å². The van der Waals surface area contributed by atoms with E-state index in [1.165, 1.54) is 0 Å². The molecule has 1 atom stereocenters. The number of nitrogens with zero attached hydrogens (tertiary/aromatic N) is 1. The fourth-order valence-corrected chi connectivity index (χ4v) is 4.76.